The molecule has 19 nitrogen and oxygen atoms in total. The topological polar surface area (TPSA) is 307 Å². The van der Waals surface area contributed by atoms with Crippen molar-refractivity contribution in [2.45, 2.75) is 433 Å². The lowest BCUT2D eigenvalue weighted by atomic mass is 9.96. The van der Waals surface area contributed by atoms with Crippen molar-refractivity contribution in [3.63, 3.8) is 0 Å². The number of nitrogens with one attached hydrogen (secondary N) is 1. The average Bonchev–Trinajstić information content (AvgIpc) is 0.779. The van der Waals surface area contributed by atoms with Crippen LogP contribution in [-0.4, -0.2) is 193 Å². The molecular weight excluding hydrogens is 1370 g/mol. The molecule has 3 heterocycles. The number of aliphatic hydroxyl groups is 11. The van der Waals surface area contributed by atoms with Gasteiger partial charge in [0.1, 0.15) is 73.2 Å². The zero-order valence-electron chi connectivity index (χ0n) is 67.3. The highest BCUT2D eigenvalue weighted by molar-refractivity contribution is 5.76. The molecule has 0 aromatic carbocycles. The molecule has 0 radical (unpaired) electrons. The van der Waals surface area contributed by atoms with E-state index in [-0.39, 0.29) is 18.9 Å². The second-order valence-electron chi connectivity index (χ2n) is 30.6. The number of rotatable bonds is 69. The van der Waals surface area contributed by atoms with Gasteiger partial charge in [-0.2, -0.15) is 0 Å². The number of carbonyl (C=O) groups excluding carboxylic acids is 1. The highest BCUT2D eigenvalue weighted by Gasteiger charge is 2.54. The minimum Gasteiger partial charge on any atom is -0.394 e. The van der Waals surface area contributed by atoms with E-state index in [2.05, 4.69) is 104 Å². The summed E-state index contributed by atoms with van der Waals surface area (Å²) in [6.45, 7) is 1.66. The predicted octanol–water partition coefficient (Wildman–Crippen LogP) is 15.9. The molecule has 3 fully saturated rings. The minimum absolute atomic E-state index is 0.240. The van der Waals surface area contributed by atoms with Crippen molar-refractivity contribution in [2.75, 3.05) is 26.4 Å². The lowest BCUT2D eigenvalue weighted by Crippen LogP contribution is -2.66. The summed E-state index contributed by atoms with van der Waals surface area (Å²) in [4.78, 5) is 13.5. The smallest absolute Gasteiger partial charge is 0.220 e. The van der Waals surface area contributed by atoms with Crippen LogP contribution >= 0.6 is 0 Å². The first kappa shape index (κ1) is 98.9. The second kappa shape index (κ2) is 68.1. The third kappa shape index (κ3) is 46.8. The Morgan fingerprint density at radius 2 is 0.639 bits per heavy atom. The van der Waals surface area contributed by atoms with Crippen LogP contribution in [0.2, 0.25) is 0 Å². The van der Waals surface area contributed by atoms with E-state index in [1.807, 2.05) is 6.08 Å². The number of unbranched alkanes of at least 4 members (excludes halogenated alkanes) is 39. The molecule has 108 heavy (non-hydrogen) atoms. The van der Waals surface area contributed by atoms with Gasteiger partial charge in [-0.1, -0.05) is 342 Å². The number of carbonyl (C=O) groups is 1. The maximum Gasteiger partial charge on any atom is 0.220 e. The summed E-state index contributed by atoms with van der Waals surface area (Å²) in [6, 6.07) is -0.980. The van der Waals surface area contributed by atoms with Crippen molar-refractivity contribution >= 4 is 5.91 Å². The quantitative estimate of drug-likeness (QED) is 0.0199. The lowest BCUT2D eigenvalue weighted by Gasteiger charge is -2.48. The van der Waals surface area contributed by atoms with Crippen LogP contribution in [0.4, 0.5) is 0 Å². The number of amides is 1. The number of ether oxygens (including phenoxy) is 6. The van der Waals surface area contributed by atoms with Crippen molar-refractivity contribution in [3.8, 4) is 0 Å². The Bertz CT molecular complexity index is 2330. The summed E-state index contributed by atoms with van der Waals surface area (Å²) in [5.41, 5.74) is 0. The molecule has 12 N–H and O–H groups in total. The average molecular weight is 1530 g/mol. The molecule has 3 aliphatic heterocycles. The van der Waals surface area contributed by atoms with Gasteiger partial charge in [-0.15, -0.1) is 0 Å². The van der Waals surface area contributed by atoms with Crippen molar-refractivity contribution in [2.24, 2.45) is 0 Å². The standard InChI is InChI=1S/C89H157NO18/c1-3-5-7-9-11-13-15-17-19-21-23-25-27-29-31-32-33-34-35-36-37-38-39-40-41-43-45-47-49-51-53-55-57-59-61-63-65-67-77(95)90-72(73(94)66-64-62-60-58-56-54-52-50-48-46-44-42-30-28-26-24-22-20-18-16-14-12-10-8-6-4-2)71-103-87-83(101)80(98)85(75(69-92)105-87)108-89-84(102)81(99)86(76(70-93)106-89)107-88-82(100)79(97)78(96)74(68-91)104-88/h5,7,11,13,17,19,23,25,29,31,33-34,36-37,64,66,72-76,78-89,91-94,96-102H,3-4,6,8-10,12,14-16,18,20-22,24,26-28,30,32,35,38-63,65,67-71H2,1-2H3,(H,90,95)/b7-5-,13-11-,19-17-,25-23-,31-29-,34-33-,37-36-,66-64+. The highest BCUT2D eigenvalue weighted by Crippen LogP contribution is 2.33. The van der Waals surface area contributed by atoms with Crippen LogP contribution in [0, 0.1) is 0 Å². The molecule has 17 unspecified atom stereocenters. The number of hydrogen-bond acceptors (Lipinski definition) is 18. The van der Waals surface area contributed by atoms with E-state index in [9.17, 15) is 61.0 Å². The van der Waals surface area contributed by atoms with Crippen LogP contribution in [-0.2, 0) is 33.2 Å². The van der Waals surface area contributed by atoms with Crippen LogP contribution in [0.1, 0.15) is 328 Å². The summed E-state index contributed by atoms with van der Waals surface area (Å²) in [5, 5.41) is 121. The Morgan fingerprint density at radius 3 is 1.00 bits per heavy atom. The summed E-state index contributed by atoms with van der Waals surface area (Å²) in [6.07, 6.45) is 66.8. The maximum absolute atomic E-state index is 13.5. The van der Waals surface area contributed by atoms with Crippen molar-refractivity contribution in [1.82, 2.24) is 5.32 Å². The molecule has 3 rings (SSSR count). The zero-order valence-corrected chi connectivity index (χ0v) is 67.3. The molecule has 3 aliphatic rings. The SMILES string of the molecule is CC/C=C\C/C=C\C/C=C\C/C=C\C/C=C\C/C=C\C/C=C\CCCCCCCCCCCCCCCCCC(=O)NC(COC1OC(CO)C(OC2OC(CO)C(OC3OC(CO)C(O)C(O)C3O)C(O)C2O)C(O)C1O)C(O)/C=C/CCCCCCCCCCCCCCCCCCCCCCCCCC. The first-order valence-corrected chi connectivity index (χ1v) is 43.5. The Balaban J connectivity index is 1.34. The van der Waals surface area contributed by atoms with Crippen molar-refractivity contribution in [1.29, 1.82) is 0 Å². The highest BCUT2D eigenvalue weighted by atomic mass is 16.8. The van der Waals surface area contributed by atoms with E-state index in [4.69, 9.17) is 28.4 Å². The van der Waals surface area contributed by atoms with Gasteiger partial charge in [-0.05, 0) is 77.0 Å². The van der Waals surface area contributed by atoms with Gasteiger partial charge in [0.2, 0.25) is 5.91 Å². The molecule has 0 saturated carbocycles. The Kier molecular flexibility index (Phi) is 62.4. The van der Waals surface area contributed by atoms with Crippen molar-refractivity contribution in [3.05, 3.63) is 97.2 Å². The normalized spacial score (nSPS) is 25.9. The fraction of sp³-hybridized carbons (Fsp3) is 0.809. The van der Waals surface area contributed by atoms with Gasteiger partial charge in [0.15, 0.2) is 18.9 Å². The number of allylic oxidation sites excluding steroid dienone is 15. The zero-order chi connectivity index (χ0) is 78.1. The molecule has 0 aromatic heterocycles. The van der Waals surface area contributed by atoms with Crippen LogP contribution in [0.5, 0.6) is 0 Å². The molecule has 0 aliphatic carbocycles. The Labute approximate surface area is 653 Å². The Morgan fingerprint density at radius 1 is 0.343 bits per heavy atom. The van der Waals surface area contributed by atoms with E-state index in [1.165, 1.54) is 205 Å². The lowest BCUT2D eigenvalue weighted by molar-refractivity contribution is -0.379. The number of aliphatic hydroxyl groups excluding tert-OH is 11. The molecule has 17 atom stereocenters. The van der Waals surface area contributed by atoms with Gasteiger partial charge in [-0.3, -0.25) is 4.79 Å². The summed E-state index contributed by atoms with van der Waals surface area (Å²) < 4.78 is 34.5. The van der Waals surface area contributed by atoms with Gasteiger partial charge in [0, 0.05) is 6.42 Å². The van der Waals surface area contributed by atoms with Crippen LogP contribution in [0.25, 0.3) is 0 Å². The summed E-state index contributed by atoms with van der Waals surface area (Å²) in [5.74, 6) is -0.274. The summed E-state index contributed by atoms with van der Waals surface area (Å²) >= 11 is 0. The van der Waals surface area contributed by atoms with Crippen LogP contribution < -0.4 is 5.32 Å². The fourth-order valence-corrected chi connectivity index (χ4v) is 14.2. The van der Waals surface area contributed by atoms with Gasteiger partial charge in [0.25, 0.3) is 0 Å². The molecule has 0 aromatic rings. The Hall–Kier alpha value is -3.29. The maximum atomic E-state index is 13.5. The van der Waals surface area contributed by atoms with Gasteiger partial charge >= 0.3 is 0 Å². The van der Waals surface area contributed by atoms with E-state index < -0.39 is 124 Å². The van der Waals surface area contributed by atoms with Crippen molar-refractivity contribution < 1.29 is 89.4 Å². The fourth-order valence-electron chi connectivity index (χ4n) is 14.2. The van der Waals surface area contributed by atoms with E-state index in [0.717, 1.165) is 96.3 Å². The first-order valence-electron chi connectivity index (χ1n) is 43.5. The molecule has 3 saturated heterocycles. The van der Waals surface area contributed by atoms with Gasteiger partial charge < -0.3 is 89.9 Å². The molecule has 19 heteroatoms. The monoisotopic (exact) mass is 1530 g/mol. The molecular formula is C89H157NO18. The van der Waals surface area contributed by atoms with E-state index >= 15 is 0 Å². The van der Waals surface area contributed by atoms with Crippen LogP contribution in [0.15, 0.2) is 97.2 Å². The minimum atomic E-state index is -1.98. The van der Waals surface area contributed by atoms with E-state index in [0.29, 0.717) is 6.42 Å². The van der Waals surface area contributed by atoms with Gasteiger partial charge in [0.05, 0.1) is 38.6 Å². The third-order valence-electron chi connectivity index (χ3n) is 21.1. The predicted molar refractivity (Wildman–Crippen MR) is 434 cm³/mol. The summed E-state index contributed by atoms with van der Waals surface area (Å²) in [7, 11) is 0. The van der Waals surface area contributed by atoms with Gasteiger partial charge in [-0.25, -0.2) is 0 Å². The first-order chi connectivity index (χ1) is 52.8. The molecule has 1 amide bonds. The molecule has 0 spiro atoms. The molecule has 0 bridgehead atoms. The van der Waals surface area contributed by atoms with Crippen LogP contribution in [0.3, 0.4) is 0 Å². The number of hydrogen-bond donors (Lipinski definition) is 12. The second-order valence-corrected chi connectivity index (χ2v) is 30.6. The largest absolute Gasteiger partial charge is 0.394 e. The third-order valence-corrected chi connectivity index (χ3v) is 21.1. The molecule has 626 valence electrons. The van der Waals surface area contributed by atoms with E-state index in [1.54, 1.807) is 6.08 Å².